The Kier molecular flexibility index (Phi) is 33.4. The molecule has 0 aliphatic carbocycles. The van der Waals surface area contributed by atoms with Crippen LogP contribution >= 0.6 is 23.5 Å². The molecule has 0 saturated carbocycles. The van der Waals surface area contributed by atoms with Crippen molar-refractivity contribution < 1.29 is 0 Å². The van der Waals surface area contributed by atoms with E-state index >= 15 is 0 Å². The van der Waals surface area contributed by atoms with Gasteiger partial charge in [-0.2, -0.15) is 23.5 Å². The predicted octanol–water partition coefficient (Wildman–Crippen LogP) is 10.5. The maximum atomic E-state index is 2.77. The quantitative estimate of drug-likeness (QED) is 0.0757. The number of hydrogen-bond donors (Lipinski definition) is 0. The van der Waals surface area contributed by atoms with E-state index in [1.165, 1.54) is 184 Å². The zero-order chi connectivity index (χ0) is 27.1. The molecule has 0 N–H and O–H groups in total. The fourth-order valence-electron chi connectivity index (χ4n) is 4.96. The molecule has 2 nitrogen and oxygen atoms in total. The van der Waals surface area contributed by atoms with Gasteiger partial charge in [0.1, 0.15) is 0 Å². The van der Waals surface area contributed by atoms with E-state index in [-0.39, 0.29) is 0 Å². The lowest BCUT2D eigenvalue weighted by Gasteiger charge is -2.23. The van der Waals surface area contributed by atoms with Gasteiger partial charge < -0.3 is 9.80 Å². The minimum absolute atomic E-state index is 1.22. The summed E-state index contributed by atoms with van der Waals surface area (Å²) in [6.45, 7) is 9.73. The predicted molar refractivity (Wildman–Crippen MR) is 178 cm³/mol. The third-order valence-corrected chi connectivity index (χ3v) is 9.70. The molecule has 0 bridgehead atoms. The summed E-state index contributed by atoms with van der Waals surface area (Å²) in [4.78, 5) is 5.10. The molecule has 0 amide bonds. The van der Waals surface area contributed by atoms with Gasteiger partial charge in [-0.25, -0.2) is 0 Å². The van der Waals surface area contributed by atoms with Gasteiger partial charge in [0.2, 0.25) is 0 Å². The van der Waals surface area contributed by atoms with E-state index in [1.54, 1.807) is 0 Å². The molecule has 0 fully saturated rings. The van der Waals surface area contributed by atoms with Gasteiger partial charge in [0.25, 0.3) is 0 Å². The van der Waals surface area contributed by atoms with E-state index < -0.39 is 0 Å². The Bertz CT molecular complexity index is 376. The molecule has 0 heterocycles. The van der Waals surface area contributed by atoms with E-state index in [0.717, 1.165) is 0 Å². The van der Waals surface area contributed by atoms with Crippen molar-refractivity contribution in [1.29, 1.82) is 0 Å². The van der Waals surface area contributed by atoms with Crippen LogP contribution in [-0.2, 0) is 0 Å². The van der Waals surface area contributed by atoms with Crippen LogP contribution in [-0.4, -0.2) is 73.1 Å². The summed E-state index contributed by atoms with van der Waals surface area (Å²) in [7, 11) is 4.41. The lowest BCUT2D eigenvalue weighted by atomic mass is 10.1. The average molecular weight is 559 g/mol. The lowest BCUT2D eigenvalue weighted by Crippen LogP contribution is -2.30. The second-order valence-corrected chi connectivity index (χ2v) is 14.0. The maximum absolute atomic E-state index is 2.77. The number of nitrogens with zero attached hydrogens (tertiary/aromatic N) is 2. The first-order valence-electron chi connectivity index (χ1n) is 16.7. The molecule has 0 atom stereocenters. The summed E-state index contributed by atoms with van der Waals surface area (Å²) in [6, 6.07) is 0. The van der Waals surface area contributed by atoms with Gasteiger partial charge in [-0.15, -0.1) is 0 Å². The van der Waals surface area contributed by atoms with Crippen molar-refractivity contribution in [2.24, 2.45) is 0 Å². The Balaban J connectivity index is 3.66. The highest BCUT2D eigenvalue weighted by Crippen LogP contribution is 2.14. The third kappa shape index (κ3) is 32.7. The van der Waals surface area contributed by atoms with Gasteiger partial charge in [0, 0.05) is 0 Å². The summed E-state index contributed by atoms with van der Waals surface area (Å²) >= 11 is 4.41. The van der Waals surface area contributed by atoms with Crippen LogP contribution in [0.5, 0.6) is 0 Å². The zero-order valence-electron chi connectivity index (χ0n) is 26.2. The largest absolute Gasteiger partial charge is 0.309 e. The molecule has 0 rings (SSSR count). The molecule has 0 unspecified atom stereocenters. The van der Waals surface area contributed by atoms with Gasteiger partial charge in [0.15, 0.2) is 0 Å². The highest BCUT2D eigenvalue weighted by Gasteiger charge is 2.05. The van der Waals surface area contributed by atoms with E-state index in [2.05, 4.69) is 61.3 Å². The van der Waals surface area contributed by atoms with E-state index in [0.29, 0.717) is 0 Å². The van der Waals surface area contributed by atoms with Crippen LogP contribution in [0.25, 0.3) is 0 Å². The minimum Gasteiger partial charge on any atom is -0.309 e. The highest BCUT2D eigenvalue weighted by atomic mass is 32.2. The van der Waals surface area contributed by atoms with Crippen molar-refractivity contribution in [3.05, 3.63) is 0 Å². The Morgan fingerprint density at radius 2 is 0.676 bits per heavy atom. The third-order valence-electron chi connectivity index (χ3n) is 7.39. The van der Waals surface area contributed by atoms with Crippen molar-refractivity contribution in [3.63, 3.8) is 0 Å². The van der Waals surface area contributed by atoms with E-state index in [1.807, 2.05) is 0 Å². The second-order valence-electron chi connectivity index (χ2n) is 11.6. The Hall–Kier alpha value is 0.620. The normalized spacial score (nSPS) is 11.8. The molecular weight excluding hydrogens is 489 g/mol. The molecule has 0 aromatic rings. The van der Waals surface area contributed by atoms with Crippen LogP contribution in [0.4, 0.5) is 0 Å². The second kappa shape index (κ2) is 32.8. The summed E-state index contributed by atoms with van der Waals surface area (Å²) in [5, 5.41) is 0. The molecule has 0 saturated heterocycles. The first-order valence-corrected chi connectivity index (χ1v) is 19.0. The molecule has 0 radical (unpaired) electrons. The first-order chi connectivity index (χ1) is 18.2. The molecule has 0 aromatic heterocycles. The molecule has 224 valence electrons. The van der Waals surface area contributed by atoms with Crippen LogP contribution < -0.4 is 0 Å². The maximum Gasteiger partial charge on any atom is -0.000654 e. The van der Waals surface area contributed by atoms with Gasteiger partial charge in [0.05, 0.1) is 0 Å². The summed E-state index contributed by atoms with van der Waals surface area (Å²) in [5.74, 6) is 5.47. The van der Waals surface area contributed by atoms with Crippen molar-refractivity contribution >= 4 is 23.5 Å². The molecule has 0 aliphatic rings. The highest BCUT2D eigenvalue weighted by molar-refractivity contribution is 7.99. The zero-order valence-corrected chi connectivity index (χ0v) is 27.9. The lowest BCUT2D eigenvalue weighted by molar-refractivity contribution is 0.257. The molecule has 4 heteroatoms. The van der Waals surface area contributed by atoms with Crippen molar-refractivity contribution in [1.82, 2.24) is 9.80 Å². The fourth-order valence-corrected chi connectivity index (χ4v) is 6.85. The number of unbranched alkanes of at least 4 members (excludes halogenated alkanes) is 16. The Morgan fingerprint density at radius 3 is 1.05 bits per heavy atom. The summed E-state index contributed by atoms with van der Waals surface area (Å²) < 4.78 is 0. The molecule has 0 aromatic carbocycles. The number of rotatable bonds is 32. The monoisotopic (exact) mass is 558 g/mol. The average Bonchev–Trinajstić information content (AvgIpc) is 2.88. The van der Waals surface area contributed by atoms with Crippen LogP contribution in [0, 0.1) is 0 Å². The van der Waals surface area contributed by atoms with Gasteiger partial charge >= 0.3 is 0 Å². The molecule has 0 aliphatic heterocycles. The van der Waals surface area contributed by atoms with Crippen molar-refractivity contribution in [2.45, 2.75) is 149 Å². The molecule has 37 heavy (non-hydrogen) atoms. The van der Waals surface area contributed by atoms with Crippen LogP contribution in [0.1, 0.15) is 149 Å². The van der Waals surface area contributed by atoms with Gasteiger partial charge in [-0.05, 0) is 95.4 Å². The van der Waals surface area contributed by atoms with Crippen LogP contribution in [0.15, 0.2) is 0 Å². The minimum atomic E-state index is 1.22. The SMILES string of the molecule is CCCCCCCCCCCSCCCN(CCCSCCCCCCCCCCC)CCCN(C)C. The first kappa shape index (κ1) is 37.6. The van der Waals surface area contributed by atoms with Gasteiger partial charge in [-0.3, -0.25) is 0 Å². The summed E-state index contributed by atoms with van der Waals surface area (Å²) in [5.41, 5.74) is 0. The molecular formula is C33H70N2S2. The topological polar surface area (TPSA) is 6.48 Å². The number of thioether (sulfide) groups is 2. The van der Waals surface area contributed by atoms with E-state index in [4.69, 9.17) is 0 Å². The van der Waals surface area contributed by atoms with Crippen LogP contribution in [0.2, 0.25) is 0 Å². The Labute approximate surface area is 244 Å². The van der Waals surface area contributed by atoms with Gasteiger partial charge in [-0.1, -0.05) is 117 Å². The van der Waals surface area contributed by atoms with Crippen LogP contribution in [0.3, 0.4) is 0 Å². The fraction of sp³-hybridized carbons (Fsp3) is 1.00. The molecule has 0 spiro atoms. The van der Waals surface area contributed by atoms with Crippen molar-refractivity contribution in [3.8, 4) is 0 Å². The number of hydrogen-bond acceptors (Lipinski definition) is 4. The van der Waals surface area contributed by atoms with Crippen molar-refractivity contribution in [2.75, 3.05) is 63.3 Å². The standard InChI is InChI=1S/C33H70N2S2/c1-5-7-9-11-13-15-17-19-21-30-36-32-24-28-35(27-23-26-34(3)4)29-25-33-37-31-22-20-18-16-14-12-10-8-6-2/h5-33H2,1-4H3. The smallest absolute Gasteiger partial charge is 0.000654 e. The summed E-state index contributed by atoms with van der Waals surface area (Å²) in [6.07, 6.45) is 30.0. The van der Waals surface area contributed by atoms with E-state index in [9.17, 15) is 0 Å². The Morgan fingerprint density at radius 1 is 0.351 bits per heavy atom.